The van der Waals surface area contributed by atoms with Crippen molar-refractivity contribution in [2.45, 2.75) is 374 Å². The number of carbonyl (C=O) groups excluding carboxylic acids is 3. The quantitative estimate of drug-likeness (QED) is 0.0261. The fourth-order valence-corrected chi connectivity index (χ4v) is 10.5. The van der Waals surface area contributed by atoms with Crippen LogP contribution in [0.15, 0.2) is 85.1 Å². The van der Waals surface area contributed by atoms with E-state index in [1.807, 2.05) is 0 Å². The molecular formula is C77H136O6. The van der Waals surface area contributed by atoms with E-state index in [2.05, 4.69) is 106 Å². The summed E-state index contributed by atoms with van der Waals surface area (Å²) in [6, 6.07) is 0. The van der Waals surface area contributed by atoms with Crippen LogP contribution in [0.2, 0.25) is 0 Å². The maximum absolute atomic E-state index is 13.0. The molecule has 0 aliphatic rings. The third kappa shape index (κ3) is 69.3. The minimum absolute atomic E-state index is 0.0826. The molecule has 0 aromatic rings. The molecule has 0 radical (unpaired) electrons. The van der Waals surface area contributed by atoms with Crippen LogP contribution in [0.25, 0.3) is 0 Å². The van der Waals surface area contributed by atoms with Crippen LogP contribution in [0.5, 0.6) is 0 Å². The number of hydrogen-bond acceptors (Lipinski definition) is 6. The first-order valence-electron chi connectivity index (χ1n) is 36.1. The SMILES string of the molecule is CC/C=C\C/C=C\C/C=C\C/C=C\C/C=C\CCCCCCCCCC(=O)OC(COC(=O)CCCCCCC/C=C\C/C=C\CCCCCC)COC(=O)CCCCCCCCCCCCCCCCCCCCCCCCCCCC. The Morgan fingerprint density at radius 2 is 0.470 bits per heavy atom. The maximum atomic E-state index is 13.0. The summed E-state index contributed by atoms with van der Waals surface area (Å²) in [5.41, 5.74) is 0. The number of unbranched alkanes of at least 4 members (excludes halogenated alkanes) is 41. The van der Waals surface area contributed by atoms with Gasteiger partial charge in [0, 0.05) is 19.3 Å². The highest BCUT2D eigenvalue weighted by Crippen LogP contribution is 2.18. The predicted molar refractivity (Wildman–Crippen MR) is 362 cm³/mol. The molecule has 0 spiro atoms. The van der Waals surface area contributed by atoms with Gasteiger partial charge in [0.15, 0.2) is 6.10 Å². The minimum atomic E-state index is -0.790. The van der Waals surface area contributed by atoms with Gasteiger partial charge in [-0.25, -0.2) is 0 Å². The normalized spacial score (nSPS) is 12.6. The molecule has 480 valence electrons. The first-order valence-corrected chi connectivity index (χ1v) is 36.1. The lowest BCUT2D eigenvalue weighted by atomic mass is 10.0. The van der Waals surface area contributed by atoms with Crippen LogP contribution in [-0.2, 0) is 28.6 Å². The lowest BCUT2D eigenvalue weighted by Gasteiger charge is -2.18. The highest BCUT2D eigenvalue weighted by Gasteiger charge is 2.19. The zero-order valence-corrected chi connectivity index (χ0v) is 55.2. The molecule has 0 bridgehead atoms. The van der Waals surface area contributed by atoms with Gasteiger partial charge in [-0.2, -0.15) is 0 Å². The van der Waals surface area contributed by atoms with E-state index in [1.54, 1.807) is 0 Å². The summed E-state index contributed by atoms with van der Waals surface area (Å²) in [5.74, 6) is -0.888. The molecule has 83 heavy (non-hydrogen) atoms. The van der Waals surface area contributed by atoms with Crippen LogP contribution in [0.4, 0.5) is 0 Å². The first kappa shape index (κ1) is 79.6. The van der Waals surface area contributed by atoms with Crippen molar-refractivity contribution in [2.75, 3.05) is 13.2 Å². The highest BCUT2D eigenvalue weighted by atomic mass is 16.6. The second kappa shape index (κ2) is 71.1. The maximum Gasteiger partial charge on any atom is 0.306 e. The van der Waals surface area contributed by atoms with E-state index in [9.17, 15) is 14.4 Å². The lowest BCUT2D eigenvalue weighted by molar-refractivity contribution is -0.167. The van der Waals surface area contributed by atoms with E-state index in [1.165, 1.54) is 212 Å². The van der Waals surface area contributed by atoms with E-state index in [4.69, 9.17) is 14.2 Å². The molecule has 0 aliphatic heterocycles. The number of allylic oxidation sites excluding steroid dienone is 14. The van der Waals surface area contributed by atoms with Crippen LogP contribution < -0.4 is 0 Å². The number of rotatable bonds is 66. The summed E-state index contributed by atoms with van der Waals surface area (Å²) in [6.07, 6.45) is 94.7. The van der Waals surface area contributed by atoms with Crippen molar-refractivity contribution in [1.29, 1.82) is 0 Å². The number of ether oxygens (including phenoxy) is 3. The fraction of sp³-hybridized carbons (Fsp3) is 0.779. The van der Waals surface area contributed by atoms with Gasteiger partial charge in [-0.1, -0.05) is 337 Å². The van der Waals surface area contributed by atoms with Crippen LogP contribution in [-0.4, -0.2) is 37.2 Å². The lowest BCUT2D eigenvalue weighted by Crippen LogP contribution is -2.30. The van der Waals surface area contributed by atoms with Gasteiger partial charge in [0.2, 0.25) is 0 Å². The summed E-state index contributed by atoms with van der Waals surface area (Å²) >= 11 is 0. The Labute approximate surface area is 515 Å². The second-order valence-corrected chi connectivity index (χ2v) is 24.1. The minimum Gasteiger partial charge on any atom is -0.462 e. The van der Waals surface area contributed by atoms with Crippen LogP contribution in [0.3, 0.4) is 0 Å². The Morgan fingerprint density at radius 3 is 0.747 bits per heavy atom. The predicted octanol–water partition coefficient (Wildman–Crippen LogP) is 25.0. The van der Waals surface area contributed by atoms with E-state index in [-0.39, 0.29) is 31.1 Å². The molecular weight excluding hydrogens is 1020 g/mol. The molecule has 0 aromatic heterocycles. The van der Waals surface area contributed by atoms with Crippen molar-refractivity contribution in [2.24, 2.45) is 0 Å². The van der Waals surface area contributed by atoms with Crippen molar-refractivity contribution in [3.05, 3.63) is 85.1 Å². The molecule has 1 atom stereocenters. The summed E-state index contributed by atoms with van der Waals surface area (Å²) in [6.45, 7) is 6.55. The van der Waals surface area contributed by atoms with Gasteiger partial charge >= 0.3 is 17.9 Å². The molecule has 0 fully saturated rings. The zero-order valence-electron chi connectivity index (χ0n) is 55.2. The molecule has 6 heteroatoms. The standard InChI is InChI=1S/C77H136O6/c1-4-7-10-13-16-19-22-25-28-31-33-35-37-38-39-41-42-44-46-49-52-55-58-61-64-67-70-76(79)82-73-74(72-81-75(78)69-66-63-60-57-54-51-48-30-27-24-21-18-15-12-9-6-3)83-77(80)71-68-65-62-59-56-53-50-47-45-43-40-36-34-32-29-26-23-20-17-14-11-8-5-2/h8,11,17,20-21,24,26,29-30,34,36,43,45,48,74H,4-7,9-10,12-16,18-19,22-23,25,27-28,31-33,35,37-42,44,46-47,49-73H2,1-3H3/b11-8-,20-17-,24-21-,29-26-,36-34-,45-43-,48-30-. The topological polar surface area (TPSA) is 78.9 Å². The van der Waals surface area contributed by atoms with E-state index in [0.29, 0.717) is 19.3 Å². The summed E-state index contributed by atoms with van der Waals surface area (Å²) in [5, 5.41) is 0. The Morgan fingerprint density at radius 1 is 0.253 bits per heavy atom. The van der Waals surface area contributed by atoms with Gasteiger partial charge in [0.05, 0.1) is 0 Å². The van der Waals surface area contributed by atoms with Gasteiger partial charge in [-0.3, -0.25) is 14.4 Å². The van der Waals surface area contributed by atoms with Gasteiger partial charge < -0.3 is 14.2 Å². The number of hydrogen-bond donors (Lipinski definition) is 0. The Balaban J connectivity index is 4.33. The van der Waals surface area contributed by atoms with Gasteiger partial charge in [0.1, 0.15) is 13.2 Å². The molecule has 0 aromatic carbocycles. The van der Waals surface area contributed by atoms with E-state index in [0.717, 1.165) is 116 Å². The first-order chi connectivity index (χ1) is 41.0. The fourth-order valence-electron chi connectivity index (χ4n) is 10.5. The summed E-state index contributed by atoms with van der Waals surface area (Å²) in [7, 11) is 0. The third-order valence-electron chi connectivity index (χ3n) is 15.9. The van der Waals surface area contributed by atoms with Crippen molar-refractivity contribution in [3.63, 3.8) is 0 Å². The Hall–Kier alpha value is -3.41. The molecule has 0 aliphatic carbocycles. The molecule has 6 nitrogen and oxygen atoms in total. The van der Waals surface area contributed by atoms with E-state index >= 15 is 0 Å². The molecule has 0 heterocycles. The van der Waals surface area contributed by atoms with Gasteiger partial charge in [0.25, 0.3) is 0 Å². The van der Waals surface area contributed by atoms with Gasteiger partial charge in [-0.15, -0.1) is 0 Å². The molecule has 0 amide bonds. The molecule has 0 saturated carbocycles. The molecule has 0 saturated heterocycles. The third-order valence-corrected chi connectivity index (χ3v) is 15.9. The smallest absolute Gasteiger partial charge is 0.306 e. The highest BCUT2D eigenvalue weighted by molar-refractivity contribution is 5.71. The van der Waals surface area contributed by atoms with Crippen molar-refractivity contribution >= 4 is 17.9 Å². The second-order valence-electron chi connectivity index (χ2n) is 24.1. The summed E-state index contributed by atoms with van der Waals surface area (Å²) < 4.78 is 17.0. The average molecular weight is 1160 g/mol. The van der Waals surface area contributed by atoms with Crippen molar-refractivity contribution in [3.8, 4) is 0 Å². The van der Waals surface area contributed by atoms with Crippen LogP contribution in [0.1, 0.15) is 367 Å². The van der Waals surface area contributed by atoms with E-state index < -0.39 is 6.10 Å². The Bertz CT molecular complexity index is 1570. The van der Waals surface area contributed by atoms with Gasteiger partial charge in [-0.05, 0) is 96.3 Å². The van der Waals surface area contributed by atoms with Crippen molar-refractivity contribution < 1.29 is 28.6 Å². The zero-order chi connectivity index (χ0) is 59.9. The van der Waals surface area contributed by atoms with Crippen LogP contribution in [0, 0.1) is 0 Å². The molecule has 1 unspecified atom stereocenters. The average Bonchev–Trinajstić information content (AvgIpc) is 3.50. The number of carbonyl (C=O) groups is 3. The van der Waals surface area contributed by atoms with Crippen LogP contribution >= 0.6 is 0 Å². The number of esters is 3. The van der Waals surface area contributed by atoms with Crippen molar-refractivity contribution in [1.82, 2.24) is 0 Å². The largest absolute Gasteiger partial charge is 0.462 e. The summed E-state index contributed by atoms with van der Waals surface area (Å²) in [4.78, 5) is 38.5. The molecule has 0 N–H and O–H groups in total. The molecule has 0 rings (SSSR count). The Kier molecular flexibility index (Phi) is 68.2. The monoisotopic (exact) mass is 1160 g/mol.